The molecule has 3 heteroatoms. The van der Waals surface area contributed by atoms with E-state index >= 15 is 0 Å². The molecule has 2 heterocycles. The Morgan fingerprint density at radius 1 is 1.00 bits per heavy atom. The van der Waals surface area contributed by atoms with Crippen molar-refractivity contribution >= 4 is 17.2 Å². The lowest BCUT2D eigenvalue weighted by atomic mass is 10.1. The van der Waals surface area contributed by atoms with Crippen molar-refractivity contribution in [3.05, 3.63) is 54.2 Å². The SMILES string of the molecule is c1ccc(C2=Nc3cccnc3N(C3CC3)C2)cc1. The highest BCUT2D eigenvalue weighted by Gasteiger charge is 2.34. The lowest BCUT2D eigenvalue weighted by Crippen LogP contribution is -2.35. The van der Waals surface area contributed by atoms with Gasteiger partial charge >= 0.3 is 0 Å². The summed E-state index contributed by atoms with van der Waals surface area (Å²) in [5.74, 6) is 1.05. The molecule has 3 nitrogen and oxygen atoms in total. The van der Waals surface area contributed by atoms with Gasteiger partial charge in [0.1, 0.15) is 5.69 Å². The van der Waals surface area contributed by atoms with Crippen LogP contribution in [-0.2, 0) is 0 Å². The molecular formula is C16H15N3. The van der Waals surface area contributed by atoms with E-state index in [0.29, 0.717) is 6.04 Å². The molecule has 0 atom stereocenters. The van der Waals surface area contributed by atoms with Crippen molar-refractivity contribution in [3.8, 4) is 0 Å². The Morgan fingerprint density at radius 2 is 1.84 bits per heavy atom. The predicted octanol–water partition coefficient (Wildman–Crippen LogP) is 3.18. The molecule has 0 unspecified atom stereocenters. The Kier molecular flexibility index (Phi) is 2.37. The maximum absolute atomic E-state index is 4.79. The zero-order valence-electron chi connectivity index (χ0n) is 10.7. The van der Waals surface area contributed by atoms with E-state index in [-0.39, 0.29) is 0 Å². The molecule has 2 aliphatic rings. The van der Waals surface area contributed by atoms with Crippen molar-refractivity contribution in [2.24, 2.45) is 4.99 Å². The van der Waals surface area contributed by atoms with E-state index in [0.717, 1.165) is 23.8 Å². The molecule has 1 aliphatic carbocycles. The van der Waals surface area contributed by atoms with Crippen molar-refractivity contribution in [1.29, 1.82) is 0 Å². The number of hydrogen-bond acceptors (Lipinski definition) is 3. The van der Waals surface area contributed by atoms with Crippen LogP contribution in [0.5, 0.6) is 0 Å². The van der Waals surface area contributed by atoms with E-state index in [1.807, 2.05) is 18.3 Å². The fourth-order valence-electron chi connectivity index (χ4n) is 2.59. The number of fused-ring (bicyclic) bond motifs is 1. The molecule has 2 aromatic rings. The quantitative estimate of drug-likeness (QED) is 0.817. The molecule has 4 rings (SSSR count). The molecule has 0 spiro atoms. The number of anilines is 1. The first-order valence-electron chi connectivity index (χ1n) is 6.76. The maximum atomic E-state index is 4.79. The summed E-state index contributed by atoms with van der Waals surface area (Å²) in [5.41, 5.74) is 3.36. The maximum Gasteiger partial charge on any atom is 0.155 e. The van der Waals surface area contributed by atoms with Gasteiger partial charge in [-0.05, 0) is 30.5 Å². The second-order valence-electron chi connectivity index (χ2n) is 5.13. The lowest BCUT2D eigenvalue weighted by molar-refractivity contribution is 0.846. The monoisotopic (exact) mass is 249 g/mol. The van der Waals surface area contributed by atoms with Crippen LogP contribution >= 0.6 is 0 Å². The van der Waals surface area contributed by atoms with Crippen LogP contribution < -0.4 is 4.90 Å². The van der Waals surface area contributed by atoms with Crippen molar-refractivity contribution < 1.29 is 0 Å². The summed E-state index contributed by atoms with van der Waals surface area (Å²) in [7, 11) is 0. The molecule has 0 bridgehead atoms. The van der Waals surface area contributed by atoms with E-state index < -0.39 is 0 Å². The molecule has 0 radical (unpaired) electrons. The minimum atomic E-state index is 0.655. The molecule has 1 aromatic carbocycles. The van der Waals surface area contributed by atoms with E-state index in [1.54, 1.807) is 0 Å². The fourth-order valence-corrected chi connectivity index (χ4v) is 2.59. The second kappa shape index (κ2) is 4.19. The van der Waals surface area contributed by atoms with Crippen LogP contribution in [0.25, 0.3) is 0 Å². The molecule has 19 heavy (non-hydrogen) atoms. The van der Waals surface area contributed by atoms with E-state index in [2.05, 4.69) is 40.2 Å². The van der Waals surface area contributed by atoms with Gasteiger partial charge in [-0.1, -0.05) is 30.3 Å². The van der Waals surface area contributed by atoms with Gasteiger partial charge in [-0.3, -0.25) is 0 Å². The van der Waals surface area contributed by atoms with Crippen LogP contribution in [0.2, 0.25) is 0 Å². The highest BCUT2D eigenvalue weighted by molar-refractivity contribution is 6.07. The van der Waals surface area contributed by atoms with E-state index in [9.17, 15) is 0 Å². The molecule has 0 saturated heterocycles. The number of hydrogen-bond donors (Lipinski definition) is 0. The lowest BCUT2D eigenvalue weighted by Gasteiger charge is -2.29. The summed E-state index contributed by atoms with van der Waals surface area (Å²) in [5, 5.41) is 0. The number of pyridine rings is 1. The third-order valence-electron chi connectivity index (χ3n) is 3.71. The third-order valence-corrected chi connectivity index (χ3v) is 3.71. The van der Waals surface area contributed by atoms with E-state index in [4.69, 9.17) is 4.99 Å². The highest BCUT2D eigenvalue weighted by atomic mass is 15.3. The Labute approximate surface area is 112 Å². The minimum absolute atomic E-state index is 0.655. The molecule has 0 amide bonds. The molecule has 1 aliphatic heterocycles. The standard InChI is InChI=1S/C16H15N3/c1-2-5-12(6-3-1)15-11-19(13-8-9-13)16-14(18-15)7-4-10-17-16/h1-7,10,13H,8-9,11H2. The summed E-state index contributed by atoms with van der Waals surface area (Å²) in [6.45, 7) is 0.874. The zero-order chi connectivity index (χ0) is 12.7. The third kappa shape index (κ3) is 1.91. The molecular weight excluding hydrogens is 234 g/mol. The smallest absolute Gasteiger partial charge is 0.155 e. The Balaban J connectivity index is 1.80. The van der Waals surface area contributed by atoms with Crippen molar-refractivity contribution in [3.63, 3.8) is 0 Å². The Bertz CT molecular complexity index is 629. The minimum Gasteiger partial charge on any atom is -0.346 e. The number of rotatable bonds is 2. The van der Waals surface area contributed by atoms with Crippen LogP contribution in [0, 0.1) is 0 Å². The van der Waals surface area contributed by atoms with Crippen LogP contribution in [0.15, 0.2) is 53.7 Å². The number of benzene rings is 1. The summed E-state index contributed by atoms with van der Waals surface area (Å²) in [6.07, 6.45) is 4.41. The Morgan fingerprint density at radius 3 is 2.63 bits per heavy atom. The average Bonchev–Trinajstić information content (AvgIpc) is 3.32. The largest absolute Gasteiger partial charge is 0.346 e. The molecule has 1 aromatic heterocycles. The van der Waals surface area contributed by atoms with Crippen LogP contribution in [-0.4, -0.2) is 23.3 Å². The van der Waals surface area contributed by atoms with Gasteiger partial charge in [0.15, 0.2) is 5.82 Å². The first-order valence-corrected chi connectivity index (χ1v) is 6.76. The summed E-state index contributed by atoms with van der Waals surface area (Å²) in [4.78, 5) is 11.7. The summed E-state index contributed by atoms with van der Waals surface area (Å²) < 4.78 is 0. The topological polar surface area (TPSA) is 28.5 Å². The van der Waals surface area contributed by atoms with Gasteiger partial charge < -0.3 is 4.90 Å². The molecule has 1 saturated carbocycles. The number of aromatic nitrogens is 1. The van der Waals surface area contributed by atoms with Gasteiger partial charge in [0.25, 0.3) is 0 Å². The van der Waals surface area contributed by atoms with Gasteiger partial charge in [0.2, 0.25) is 0 Å². The number of aliphatic imine (C=N–C) groups is 1. The first kappa shape index (κ1) is 10.7. The van der Waals surface area contributed by atoms with Crippen molar-refractivity contribution in [1.82, 2.24) is 4.98 Å². The molecule has 1 fully saturated rings. The van der Waals surface area contributed by atoms with Gasteiger partial charge in [-0.15, -0.1) is 0 Å². The van der Waals surface area contributed by atoms with E-state index in [1.165, 1.54) is 18.4 Å². The average molecular weight is 249 g/mol. The fraction of sp³-hybridized carbons (Fsp3) is 0.250. The van der Waals surface area contributed by atoms with Crippen molar-refractivity contribution in [2.75, 3.05) is 11.4 Å². The first-order chi connectivity index (χ1) is 9.42. The second-order valence-corrected chi connectivity index (χ2v) is 5.13. The molecule has 94 valence electrons. The van der Waals surface area contributed by atoms with Crippen LogP contribution in [0.3, 0.4) is 0 Å². The van der Waals surface area contributed by atoms with Gasteiger partial charge in [0.05, 0.1) is 12.3 Å². The van der Waals surface area contributed by atoms with Crippen LogP contribution in [0.4, 0.5) is 11.5 Å². The summed E-state index contributed by atoms with van der Waals surface area (Å²) in [6, 6.07) is 15.1. The van der Waals surface area contributed by atoms with Gasteiger partial charge in [-0.25, -0.2) is 9.98 Å². The zero-order valence-corrected chi connectivity index (χ0v) is 10.7. The summed E-state index contributed by atoms with van der Waals surface area (Å²) >= 11 is 0. The number of nitrogens with zero attached hydrogens (tertiary/aromatic N) is 3. The van der Waals surface area contributed by atoms with Crippen LogP contribution in [0.1, 0.15) is 18.4 Å². The van der Waals surface area contributed by atoms with Gasteiger partial charge in [-0.2, -0.15) is 0 Å². The normalized spacial score (nSPS) is 17.9. The van der Waals surface area contributed by atoms with Crippen molar-refractivity contribution in [2.45, 2.75) is 18.9 Å². The predicted molar refractivity (Wildman–Crippen MR) is 77.2 cm³/mol. The Hall–Kier alpha value is -2.16. The molecule has 0 N–H and O–H groups in total. The van der Waals surface area contributed by atoms with Gasteiger partial charge in [0, 0.05) is 12.2 Å². The highest BCUT2D eigenvalue weighted by Crippen LogP contribution is 2.38.